The van der Waals surface area contributed by atoms with Gasteiger partial charge in [0.15, 0.2) is 0 Å². The van der Waals surface area contributed by atoms with Crippen molar-refractivity contribution in [2.24, 2.45) is 0 Å². The lowest BCUT2D eigenvalue weighted by Gasteiger charge is -2.32. The minimum atomic E-state index is -0.565. The molecule has 0 radical (unpaired) electrons. The molecule has 0 unspecified atom stereocenters. The molecule has 0 N–H and O–H groups in total. The van der Waals surface area contributed by atoms with Crippen LogP contribution in [0, 0.1) is 0 Å². The molecule has 0 saturated carbocycles. The molecule has 0 aliphatic carbocycles. The summed E-state index contributed by atoms with van der Waals surface area (Å²) < 4.78 is 5.72. The number of rotatable bonds is 22. The number of carbonyl (C=O) groups is 3. The molecule has 6 heteroatoms. The molecule has 1 saturated heterocycles. The van der Waals surface area contributed by atoms with E-state index in [2.05, 4.69) is 6.92 Å². The van der Waals surface area contributed by atoms with Gasteiger partial charge in [-0.1, -0.05) is 121 Å². The number of nitrogens with zero attached hydrogens (tertiary/aromatic N) is 2. The van der Waals surface area contributed by atoms with E-state index < -0.39 is 17.8 Å². The fourth-order valence-corrected chi connectivity index (χ4v) is 4.87. The lowest BCUT2D eigenvalue weighted by molar-refractivity contribution is -0.135. The Morgan fingerprint density at radius 1 is 0.622 bits per heavy atom. The Hall–Kier alpha value is -2.21. The molecule has 0 atom stereocenters. The van der Waals surface area contributed by atoms with E-state index >= 15 is 0 Å². The predicted octanol–water partition coefficient (Wildman–Crippen LogP) is 8.04. The van der Waals surface area contributed by atoms with Crippen LogP contribution in [0.4, 0.5) is 10.5 Å². The fraction of sp³-hybridized carbons (Fsp3) is 0.710. The summed E-state index contributed by atoms with van der Waals surface area (Å²) in [7, 11) is 0. The molecule has 1 aliphatic heterocycles. The van der Waals surface area contributed by atoms with E-state index in [0.29, 0.717) is 18.7 Å². The number of urea groups is 1. The van der Waals surface area contributed by atoms with E-state index in [9.17, 15) is 14.4 Å². The van der Waals surface area contributed by atoms with Crippen molar-refractivity contribution in [3.63, 3.8) is 0 Å². The van der Waals surface area contributed by atoms with Crippen LogP contribution >= 0.6 is 0 Å². The molecular formula is C31H50N2O4. The highest BCUT2D eigenvalue weighted by atomic mass is 16.5. The van der Waals surface area contributed by atoms with Gasteiger partial charge in [0.1, 0.15) is 6.42 Å². The number of unbranched alkanes of at least 4 members (excludes halogenated alkanes) is 15. The summed E-state index contributed by atoms with van der Waals surface area (Å²) >= 11 is 0. The molecule has 1 aromatic carbocycles. The van der Waals surface area contributed by atoms with Crippen LogP contribution < -0.4 is 4.90 Å². The molecule has 37 heavy (non-hydrogen) atoms. The highest BCUT2D eigenvalue weighted by Crippen LogP contribution is 2.21. The smallest absolute Gasteiger partial charge is 0.338 e. The van der Waals surface area contributed by atoms with Gasteiger partial charge in [-0.2, -0.15) is 0 Å². The average molecular weight is 515 g/mol. The minimum Gasteiger partial charge on any atom is -0.381 e. The number of carbonyl (C=O) groups excluding carboxylic acids is 3. The zero-order chi connectivity index (χ0) is 26.6. The third-order valence-corrected chi connectivity index (χ3v) is 7.10. The first kappa shape index (κ1) is 31.0. The molecule has 0 bridgehead atoms. The molecule has 2 rings (SSSR count). The Morgan fingerprint density at radius 2 is 1.11 bits per heavy atom. The molecule has 1 fully saturated rings. The minimum absolute atomic E-state index is 0.271. The molecule has 4 amide bonds. The molecular weight excluding hydrogens is 464 g/mol. The van der Waals surface area contributed by atoms with Crippen LogP contribution in [0.15, 0.2) is 30.3 Å². The summed E-state index contributed by atoms with van der Waals surface area (Å²) in [5.41, 5.74) is 0.495. The van der Waals surface area contributed by atoms with Gasteiger partial charge >= 0.3 is 6.03 Å². The third kappa shape index (κ3) is 12.7. The Bertz CT molecular complexity index is 768. The summed E-state index contributed by atoms with van der Waals surface area (Å²) in [6.45, 7) is 3.77. The number of amides is 4. The number of hydrogen-bond donors (Lipinski definition) is 0. The van der Waals surface area contributed by atoms with Crippen molar-refractivity contribution in [2.75, 3.05) is 24.7 Å². The van der Waals surface area contributed by atoms with Gasteiger partial charge in [-0.3, -0.25) is 14.5 Å². The average Bonchev–Trinajstić information content (AvgIpc) is 2.89. The molecule has 0 spiro atoms. The lowest BCUT2D eigenvalue weighted by atomic mass is 10.0. The van der Waals surface area contributed by atoms with Crippen molar-refractivity contribution < 1.29 is 19.1 Å². The normalized spacial score (nSPS) is 14.1. The third-order valence-electron chi connectivity index (χ3n) is 7.10. The standard InChI is InChI=1S/C31H50N2O4/c1-2-3-4-5-6-7-8-9-10-11-12-13-14-15-16-20-25-37-26-21-24-32-29(34)27-30(35)33(31(32)36)28-22-18-17-19-23-28/h17-19,22-23H,2-16,20-21,24-27H2,1H3. The highest BCUT2D eigenvalue weighted by Gasteiger charge is 2.38. The number of hydrogen-bond acceptors (Lipinski definition) is 4. The van der Waals surface area contributed by atoms with Gasteiger partial charge in [0, 0.05) is 19.8 Å². The quantitative estimate of drug-likeness (QED) is 0.116. The molecule has 6 nitrogen and oxygen atoms in total. The Kier molecular flexibility index (Phi) is 16.6. The van der Waals surface area contributed by atoms with E-state index in [1.807, 2.05) is 6.07 Å². The van der Waals surface area contributed by atoms with Crippen LogP contribution in [-0.2, 0) is 14.3 Å². The van der Waals surface area contributed by atoms with Crippen molar-refractivity contribution in [1.82, 2.24) is 4.90 Å². The van der Waals surface area contributed by atoms with Crippen molar-refractivity contribution in [2.45, 2.75) is 122 Å². The number of ether oxygens (including phenoxy) is 1. The van der Waals surface area contributed by atoms with E-state index in [1.165, 1.54) is 101 Å². The maximum Gasteiger partial charge on any atom is 0.338 e. The highest BCUT2D eigenvalue weighted by molar-refractivity contribution is 6.26. The second kappa shape index (κ2) is 19.8. The lowest BCUT2D eigenvalue weighted by Crippen LogP contribution is -2.55. The van der Waals surface area contributed by atoms with Crippen LogP contribution in [0.25, 0.3) is 0 Å². The summed E-state index contributed by atoms with van der Waals surface area (Å²) in [5, 5.41) is 0. The number of anilines is 1. The summed E-state index contributed by atoms with van der Waals surface area (Å²) in [4.78, 5) is 39.5. The van der Waals surface area contributed by atoms with Gasteiger partial charge in [0.05, 0.1) is 5.69 Å². The Balaban J connectivity index is 1.40. The second-order valence-electron chi connectivity index (χ2n) is 10.3. The molecule has 1 aromatic rings. The number of benzene rings is 1. The molecule has 1 heterocycles. The first-order valence-corrected chi connectivity index (χ1v) is 14.9. The van der Waals surface area contributed by atoms with Gasteiger partial charge in [0.25, 0.3) is 0 Å². The summed E-state index contributed by atoms with van der Waals surface area (Å²) in [6, 6.07) is 8.19. The van der Waals surface area contributed by atoms with E-state index in [0.717, 1.165) is 17.9 Å². The van der Waals surface area contributed by atoms with Gasteiger partial charge in [-0.05, 0) is 25.0 Å². The Labute approximate surface area is 225 Å². The van der Waals surface area contributed by atoms with Crippen LogP contribution in [0.2, 0.25) is 0 Å². The monoisotopic (exact) mass is 514 g/mol. The SMILES string of the molecule is CCCCCCCCCCCCCCCCCCOCCCN1C(=O)CC(=O)N(c2ccccc2)C1=O. The van der Waals surface area contributed by atoms with E-state index in [-0.39, 0.29) is 13.0 Å². The van der Waals surface area contributed by atoms with Crippen molar-refractivity contribution in [1.29, 1.82) is 0 Å². The fourth-order valence-electron chi connectivity index (χ4n) is 4.87. The van der Waals surface area contributed by atoms with Crippen LogP contribution in [0.5, 0.6) is 0 Å². The first-order chi connectivity index (χ1) is 18.1. The van der Waals surface area contributed by atoms with Gasteiger partial charge in [-0.25, -0.2) is 9.69 Å². The van der Waals surface area contributed by atoms with Crippen molar-refractivity contribution in [3.8, 4) is 0 Å². The number of barbiturate groups is 1. The number of imide groups is 2. The summed E-state index contributed by atoms with van der Waals surface area (Å²) in [5.74, 6) is -0.905. The van der Waals surface area contributed by atoms with Gasteiger partial charge in [-0.15, -0.1) is 0 Å². The molecule has 0 aromatic heterocycles. The Morgan fingerprint density at radius 3 is 1.65 bits per heavy atom. The topological polar surface area (TPSA) is 66.9 Å². The first-order valence-electron chi connectivity index (χ1n) is 14.9. The van der Waals surface area contributed by atoms with E-state index in [1.54, 1.807) is 24.3 Å². The second-order valence-corrected chi connectivity index (χ2v) is 10.3. The van der Waals surface area contributed by atoms with Crippen LogP contribution in [-0.4, -0.2) is 42.5 Å². The maximum absolute atomic E-state index is 12.7. The van der Waals surface area contributed by atoms with Crippen molar-refractivity contribution in [3.05, 3.63) is 30.3 Å². The zero-order valence-corrected chi connectivity index (χ0v) is 23.3. The largest absolute Gasteiger partial charge is 0.381 e. The predicted molar refractivity (Wildman–Crippen MR) is 151 cm³/mol. The zero-order valence-electron chi connectivity index (χ0n) is 23.3. The molecule has 208 valence electrons. The van der Waals surface area contributed by atoms with Crippen LogP contribution in [0.1, 0.15) is 122 Å². The van der Waals surface area contributed by atoms with E-state index in [4.69, 9.17) is 4.74 Å². The maximum atomic E-state index is 12.7. The molecule has 1 aliphatic rings. The van der Waals surface area contributed by atoms with Crippen LogP contribution in [0.3, 0.4) is 0 Å². The summed E-state index contributed by atoms with van der Waals surface area (Å²) in [6.07, 6.45) is 21.9. The van der Waals surface area contributed by atoms with Gasteiger partial charge in [0.2, 0.25) is 11.8 Å². The number of para-hydroxylation sites is 1. The van der Waals surface area contributed by atoms with Gasteiger partial charge < -0.3 is 4.74 Å². The van der Waals surface area contributed by atoms with Crippen molar-refractivity contribution >= 4 is 23.5 Å².